The third kappa shape index (κ3) is 2.95. The molecule has 0 amide bonds. The summed E-state index contributed by atoms with van der Waals surface area (Å²) in [7, 11) is 0. The van der Waals surface area contributed by atoms with Crippen molar-refractivity contribution in [1.82, 2.24) is 19.2 Å². The van der Waals surface area contributed by atoms with Crippen molar-refractivity contribution in [2.24, 2.45) is 0 Å². The highest BCUT2D eigenvalue weighted by Crippen LogP contribution is 2.27. The maximum absolute atomic E-state index is 12.8. The van der Waals surface area contributed by atoms with E-state index in [0.29, 0.717) is 12.3 Å². The van der Waals surface area contributed by atoms with Gasteiger partial charge in [-0.15, -0.1) is 21.5 Å². The highest BCUT2D eigenvalue weighted by Gasteiger charge is 2.17. The average Bonchev–Trinajstić information content (AvgIpc) is 3.28. The molecule has 3 heterocycles. The summed E-state index contributed by atoms with van der Waals surface area (Å²) in [4.78, 5) is 12.8. The Morgan fingerprint density at radius 1 is 1.19 bits per heavy atom. The first-order valence-corrected chi connectivity index (χ1v) is 10.6. The summed E-state index contributed by atoms with van der Waals surface area (Å²) in [6.45, 7) is 4.92. The smallest absolute Gasteiger partial charge is 0.272 e. The number of aromatic nitrogens is 4. The van der Waals surface area contributed by atoms with Gasteiger partial charge >= 0.3 is 0 Å². The van der Waals surface area contributed by atoms with E-state index in [2.05, 4.69) is 48.3 Å². The molecule has 0 aliphatic rings. The lowest BCUT2D eigenvalue weighted by Crippen LogP contribution is -2.22. The molecule has 7 heteroatoms. The first-order chi connectivity index (χ1) is 12.7. The van der Waals surface area contributed by atoms with Gasteiger partial charge < -0.3 is 0 Å². The molecule has 4 aromatic rings. The Labute approximate surface area is 159 Å². The van der Waals surface area contributed by atoms with Gasteiger partial charge in [-0.2, -0.15) is 0 Å². The van der Waals surface area contributed by atoms with Crippen LogP contribution in [0.2, 0.25) is 0 Å². The molecule has 26 heavy (non-hydrogen) atoms. The van der Waals surface area contributed by atoms with Gasteiger partial charge in [-0.1, -0.05) is 49.4 Å². The summed E-state index contributed by atoms with van der Waals surface area (Å²) in [5.74, 6) is 1.47. The summed E-state index contributed by atoms with van der Waals surface area (Å²) in [5.41, 5.74) is 3.50. The first kappa shape index (κ1) is 17.3. The molecule has 0 bridgehead atoms. The Balaban J connectivity index is 1.80. The Bertz CT molecular complexity index is 1130. The van der Waals surface area contributed by atoms with Crippen LogP contribution in [-0.2, 0) is 12.3 Å². The maximum atomic E-state index is 12.8. The molecule has 5 nitrogen and oxygen atoms in total. The Morgan fingerprint density at radius 3 is 2.85 bits per heavy atom. The molecule has 0 radical (unpaired) electrons. The summed E-state index contributed by atoms with van der Waals surface area (Å²) < 4.78 is 4.57. The number of rotatable bonds is 6. The zero-order valence-electron chi connectivity index (χ0n) is 14.8. The molecule has 0 aliphatic heterocycles. The Hall–Kier alpha value is -2.12. The van der Waals surface area contributed by atoms with Gasteiger partial charge in [-0.25, -0.2) is 0 Å². The number of hydrogen-bond acceptors (Lipinski definition) is 5. The van der Waals surface area contributed by atoms with Crippen LogP contribution in [0.3, 0.4) is 0 Å². The van der Waals surface area contributed by atoms with E-state index in [1.54, 1.807) is 16.3 Å². The Kier molecular flexibility index (Phi) is 4.82. The van der Waals surface area contributed by atoms with Crippen molar-refractivity contribution < 1.29 is 0 Å². The van der Waals surface area contributed by atoms with E-state index in [4.69, 9.17) is 0 Å². The molecule has 1 aromatic carbocycles. The van der Waals surface area contributed by atoms with Gasteiger partial charge in [0.2, 0.25) is 5.78 Å². The zero-order valence-corrected chi connectivity index (χ0v) is 16.4. The van der Waals surface area contributed by atoms with Crippen LogP contribution < -0.4 is 5.56 Å². The van der Waals surface area contributed by atoms with Crippen molar-refractivity contribution >= 4 is 39.1 Å². The van der Waals surface area contributed by atoms with E-state index >= 15 is 0 Å². The second-order valence-corrected chi connectivity index (χ2v) is 8.14. The second-order valence-electron chi connectivity index (χ2n) is 6.28. The lowest BCUT2D eigenvalue weighted by atomic mass is 10.1. The number of unbranched alkanes of at least 4 members (excludes halogenated alkanes) is 1. The molecular weight excluding hydrogens is 364 g/mol. The fourth-order valence-corrected chi connectivity index (χ4v) is 4.87. The predicted molar refractivity (Wildman–Crippen MR) is 108 cm³/mol. The van der Waals surface area contributed by atoms with E-state index in [9.17, 15) is 4.79 Å². The molecule has 0 unspecified atom stereocenters. The lowest BCUT2D eigenvalue weighted by molar-refractivity contribution is 0.621. The standard InChI is InChI=1S/C19H20N4OS2/c1-3-4-10-22-17(24)16-15(9-11-25-16)23-18(22)20-21-19(23)26-12-14-8-6-5-7-13(14)2/h5-9,11H,3-4,10,12H2,1-2H3. The highest BCUT2D eigenvalue weighted by molar-refractivity contribution is 7.98. The van der Waals surface area contributed by atoms with Crippen LogP contribution in [0.25, 0.3) is 16.0 Å². The normalized spacial score (nSPS) is 11.6. The van der Waals surface area contributed by atoms with Crippen LogP contribution in [0, 0.1) is 6.92 Å². The van der Waals surface area contributed by atoms with E-state index in [1.165, 1.54) is 22.5 Å². The third-order valence-corrected chi connectivity index (χ3v) is 6.41. The summed E-state index contributed by atoms with van der Waals surface area (Å²) in [5, 5.41) is 11.6. The van der Waals surface area contributed by atoms with Gasteiger partial charge in [0, 0.05) is 12.3 Å². The van der Waals surface area contributed by atoms with Crippen LogP contribution in [0.5, 0.6) is 0 Å². The number of thioether (sulfide) groups is 1. The van der Waals surface area contributed by atoms with E-state index in [1.807, 2.05) is 15.8 Å². The molecule has 0 saturated carbocycles. The number of nitrogens with zero attached hydrogens (tertiary/aromatic N) is 4. The number of fused-ring (bicyclic) bond motifs is 3. The molecular formula is C19H20N4OS2. The second kappa shape index (κ2) is 7.25. The zero-order chi connectivity index (χ0) is 18.1. The molecule has 0 atom stereocenters. The average molecular weight is 385 g/mol. The van der Waals surface area contributed by atoms with Gasteiger partial charge in [0.1, 0.15) is 4.70 Å². The van der Waals surface area contributed by atoms with Crippen molar-refractivity contribution in [2.45, 2.75) is 44.1 Å². The summed E-state index contributed by atoms with van der Waals surface area (Å²) in [6, 6.07) is 10.4. The molecule has 0 N–H and O–H groups in total. The van der Waals surface area contributed by atoms with Crippen molar-refractivity contribution in [3.05, 3.63) is 57.2 Å². The minimum atomic E-state index is 0.0406. The van der Waals surface area contributed by atoms with Crippen molar-refractivity contribution in [2.75, 3.05) is 0 Å². The van der Waals surface area contributed by atoms with E-state index in [0.717, 1.165) is 34.0 Å². The van der Waals surface area contributed by atoms with Crippen LogP contribution in [0.15, 0.2) is 45.7 Å². The fourth-order valence-electron chi connectivity index (χ4n) is 3.03. The van der Waals surface area contributed by atoms with Crippen molar-refractivity contribution in [1.29, 1.82) is 0 Å². The third-order valence-electron chi connectivity index (χ3n) is 4.54. The topological polar surface area (TPSA) is 52.2 Å². The van der Waals surface area contributed by atoms with Gasteiger partial charge in [-0.05, 0) is 35.9 Å². The minimum Gasteiger partial charge on any atom is -0.276 e. The summed E-state index contributed by atoms with van der Waals surface area (Å²) in [6.07, 6.45) is 1.98. The monoisotopic (exact) mass is 384 g/mol. The van der Waals surface area contributed by atoms with Gasteiger partial charge in [0.05, 0.1) is 5.52 Å². The summed E-state index contributed by atoms with van der Waals surface area (Å²) >= 11 is 3.15. The minimum absolute atomic E-state index is 0.0406. The molecule has 0 saturated heterocycles. The maximum Gasteiger partial charge on any atom is 0.272 e. The molecule has 3 aromatic heterocycles. The van der Waals surface area contributed by atoms with E-state index < -0.39 is 0 Å². The van der Waals surface area contributed by atoms with Gasteiger partial charge in [-0.3, -0.25) is 13.8 Å². The number of benzene rings is 1. The number of thiophene rings is 1. The molecule has 0 fully saturated rings. The molecule has 4 rings (SSSR count). The molecule has 0 aliphatic carbocycles. The number of hydrogen-bond donors (Lipinski definition) is 0. The van der Waals surface area contributed by atoms with Crippen molar-refractivity contribution in [3.8, 4) is 0 Å². The Morgan fingerprint density at radius 2 is 2.04 bits per heavy atom. The van der Waals surface area contributed by atoms with Crippen LogP contribution in [0.1, 0.15) is 30.9 Å². The van der Waals surface area contributed by atoms with Crippen LogP contribution >= 0.6 is 23.1 Å². The van der Waals surface area contributed by atoms with Crippen LogP contribution in [-0.4, -0.2) is 19.2 Å². The van der Waals surface area contributed by atoms with Crippen molar-refractivity contribution in [3.63, 3.8) is 0 Å². The highest BCUT2D eigenvalue weighted by atomic mass is 32.2. The van der Waals surface area contributed by atoms with Gasteiger partial charge in [0.25, 0.3) is 5.56 Å². The molecule has 0 spiro atoms. The SMILES string of the molecule is CCCCn1c(=O)c2sccc2n2c(SCc3ccccc3C)nnc12. The largest absolute Gasteiger partial charge is 0.276 e. The fraction of sp³-hybridized carbons (Fsp3) is 0.316. The van der Waals surface area contributed by atoms with Gasteiger partial charge in [0.15, 0.2) is 5.16 Å². The predicted octanol–water partition coefficient (Wildman–Crippen LogP) is 4.51. The quantitative estimate of drug-likeness (QED) is 0.459. The molecule has 134 valence electrons. The lowest BCUT2D eigenvalue weighted by Gasteiger charge is -2.09. The van der Waals surface area contributed by atoms with Crippen LogP contribution in [0.4, 0.5) is 0 Å². The first-order valence-electron chi connectivity index (χ1n) is 8.73. The number of aryl methyl sites for hydroxylation is 2. The van der Waals surface area contributed by atoms with E-state index in [-0.39, 0.29) is 5.56 Å².